The topological polar surface area (TPSA) is 38.9 Å². The van der Waals surface area contributed by atoms with Crippen molar-refractivity contribution >= 4 is 33.4 Å². The van der Waals surface area contributed by atoms with E-state index in [1.165, 1.54) is 11.8 Å². The number of hydrogen-bond donors (Lipinski definition) is 0. The maximum atomic E-state index is 5.26. The Labute approximate surface area is 106 Å². The second-order valence-electron chi connectivity index (χ2n) is 3.42. The van der Waals surface area contributed by atoms with Crippen molar-refractivity contribution in [3.63, 3.8) is 0 Å². The summed E-state index contributed by atoms with van der Waals surface area (Å²) in [4.78, 5) is 0. The van der Waals surface area contributed by atoms with Gasteiger partial charge in [-0.1, -0.05) is 24.3 Å². The smallest absolute Gasteiger partial charge is 0.248 e. The van der Waals surface area contributed by atoms with Crippen LogP contribution < -0.4 is 0 Å². The Balaban J connectivity index is 2.39. The van der Waals surface area contributed by atoms with E-state index in [1.54, 1.807) is 0 Å². The highest BCUT2D eigenvalue weighted by Crippen LogP contribution is 2.29. The van der Waals surface area contributed by atoms with E-state index in [0.29, 0.717) is 5.89 Å². The van der Waals surface area contributed by atoms with Crippen LogP contribution in [0.3, 0.4) is 0 Å². The predicted octanol–water partition coefficient (Wildman–Crippen LogP) is 3.49. The van der Waals surface area contributed by atoms with Gasteiger partial charge in [0.15, 0.2) is 0 Å². The number of fused-ring (bicyclic) bond motifs is 1. The van der Waals surface area contributed by atoms with E-state index in [4.69, 9.17) is 4.42 Å². The SMILES string of the molecule is Ic1cc(-c2nnco2)c2ccccc2c1. The summed E-state index contributed by atoms with van der Waals surface area (Å²) in [5.74, 6) is 0.565. The van der Waals surface area contributed by atoms with Gasteiger partial charge in [-0.25, -0.2) is 0 Å². The van der Waals surface area contributed by atoms with E-state index in [0.717, 1.165) is 14.5 Å². The van der Waals surface area contributed by atoms with Gasteiger partial charge < -0.3 is 4.42 Å². The van der Waals surface area contributed by atoms with Gasteiger partial charge in [-0.05, 0) is 45.5 Å². The fourth-order valence-corrected chi connectivity index (χ4v) is 2.39. The average molecular weight is 322 g/mol. The van der Waals surface area contributed by atoms with Crippen molar-refractivity contribution in [2.24, 2.45) is 0 Å². The number of nitrogens with zero attached hydrogens (tertiary/aromatic N) is 2. The van der Waals surface area contributed by atoms with Gasteiger partial charge in [0.25, 0.3) is 0 Å². The van der Waals surface area contributed by atoms with Crippen molar-refractivity contribution in [2.75, 3.05) is 0 Å². The van der Waals surface area contributed by atoms with E-state index in [2.05, 4.69) is 57.1 Å². The van der Waals surface area contributed by atoms with E-state index >= 15 is 0 Å². The number of hydrogen-bond acceptors (Lipinski definition) is 3. The Hall–Kier alpha value is -1.43. The molecule has 0 fully saturated rings. The molecule has 0 bridgehead atoms. The lowest BCUT2D eigenvalue weighted by molar-refractivity contribution is 0.569. The van der Waals surface area contributed by atoms with Crippen LogP contribution in [0.5, 0.6) is 0 Å². The van der Waals surface area contributed by atoms with Gasteiger partial charge in [-0.3, -0.25) is 0 Å². The Morgan fingerprint density at radius 1 is 1.12 bits per heavy atom. The summed E-state index contributed by atoms with van der Waals surface area (Å²) in [6.07, 6.45) is 1.35. The highest BCUT2D eigenvalue weighted by molar-refractivity contribution is 14.1. The molecular weight excluding hydrogens is 315 g/mol. The van der Waals surface area contributed by atoms with E-state index in [1.807, 2.05) is 12.1 Å². The van der Waals surface area contributed by atoms with Crippen molar-refractivity contribution < 1.29 is 4.42 Å². The molecule has 3 nitrogen and oxygen atoms in total. The molecule has 0 radical (unpaired) electrons. The second-order valence-corrected chi connectivity index (χ2v) is 4.66. The standard InChI is InChI=1S/C12H7IN2O/c13-9-5-8-3-1-2-4-10(8)11(6-9)12-15-14-7-16-12/h1-7H. The molecule has 0 aliphatic heterocycles. The molecule has 3 aromatic rings. The molecule has 0 saturated heterocycles. The molecule has 0 atom stereocenters. The van der Waals surface area contributed by atoms with Crippen LogP contribution in [0.4, 0.5) is 0 Å². The third-order valence-corrected chi connectivity index (χ3v) is 3.04. The van der Waals surface area contributed by atoms with Crippen LogP contribution in [-0.2, 0) is 0 Å². The fourth-order valence-electron chi connectivity index (χ4n) is 1.74. The Morgan fingerprint density at radius 2 is 2.00 bits per heavy atom. The molecule has 0 N–H and O–H groups in total. The third kappa shape index (κ3) is 1.59. The van der Waals surface area contributed by atoms with Gasteiger partial charge in [-0.15, -0.1) is 10.2 Å². The summed E-state index contributed by atoms with van der Waals surface area (Å²) in [7, 11) is 0. The molecule has 3 rings (SSSR count). The molecule has 0 saturated carbocycles. The molecule has 0 spiro atoms. The Morgan fingerprint density at radius 3 is 2.81 bits per heavy atom. The molecule has 0 unspecified atom stereocenters. The summed E-state index contributed by atoms with van der Waals surface area (Å²) in [6.45, 7) is 0. The van der Waals surface area contributed by atoms with Crippen LogP contribution in [-0.4, -0.2) is 10.2 Å². The van der Waals surface area contributed by atoms with Crippen LogP contribution in [0.1, 0.15) is 0 Å². The molecule has 1 aromatic heterocycles. The van der Waals surface area contributed by atoms with Gasteiger partial charge in [0.05, 0.1) is 0 Å². The first-order valence-electron chi connectivity index (χ1n) is 4.79. The zero-order chi connectivity index (χ0) is 11.0. The van der Waals surface area contributed by atoms with Crippen molar-refractivity contribution in [3.8, 4) is 11.5 Å². The van der Waals surface area contributed by atoms with Crippen LogP contribution in [0.15, 0.2) is 47.2 Å². The summed E-state index contributed by atoms with van der Waals surface area (Å²) in [5.41, 5.74) is 0.986. The first-order chi connectivity index (χ1) is 7.84. The van der Waals surface area contributed by atoms with E-state index < -0.39 is 0 Å². The molecule has 4 heteroatoms. The molecule has 0 amide bonds. The molecule has 1 heterocycles. The monoisotopic (exact) mass is 322 g/mol. The normalized spacial score (nSPS) is 10.8. The van der Waals surface area contributed by atoms with Crippen LogP contribution in [0.2, 0.25) is 0 Å². The lowest BCUT2D eigenvalue weighted by atomic mass is 10.0. The zero-order valence-electron chi connectivity index (χ0n) is 8.22. The van der Waals surface area contributed by atoms with E-state index in [-0.39, 0.29) is 0 Å². The van der Waals surface area contributed by atoms with Crippen LogP contribution in [0, 0.1) is 3.57 Å². The molecular formula is C12H7IN2O. The maximum absolute atomic E-state index is 5.26. The molecule has 16 heavy (non-hydrogen) atoms. The number of rotatable bonds is 1. The van der Waals surface area contributed by atoms with Gasteiger partial charge in [0.2, 0.25) is 12.3 Å². The Bertz CT molecular complexity index is 635. The lowest BCUT2D eigenvalue weighted by Gasteiger charge is -2.03. The van der Waals surface area contributed by atoms with Gasteiger partial charge in [0.1, 0.15) is 0 Å². The highest BCUT2D eigenvalue weighted by atomic mass is 127. The van der Waals surface area contributed by atoms with Crippen molar-refractivity contribution in [1.29, 1.82) is 0 Å². The van der Waals surface area contributed by atoms with Crippen molar-refractivity contribution in [2.45, 2.75) is 0 Å². The average Bonchev–Trinajstić information content (AvgIpc) is 2.81. The molecule has 0 aliphatic carbocycles. The zero-order valence-corrected chi connectivity index (χ0v) is 10.4. The second kappa shape index (κ2) is 3.86. The third-order valence-electron chi connectivity index (χ3n) is 2.42. The lowest BCUT2D eigenvalue weighted by Crippen LogP contribution is -1.84. The predicted molar refractivity (Wildman–Crippen MR) is 70.0 cm³/mol. The highest BCUT2D eigenvalue weighted by Gasteiger charge is 2.09. The maximum Gasteiger partial charge on any atom is 0.248 e. The van der Waals surface area contributed by atoms with Crippen LogP contribution in [0.25, 0.3) is 22.2 Å². The van der Waals surface area contributed by atoms with Gasteiger partial charge in [0, 0.05) is 9.13 Å². The minimum absolute atomic E-state index is 0.565. The molecule has 2 aromatic carbocycles. The quantitative estimate of drug-likeness (QED) is 0.644. The summed E-state index contributed by atoms with van der Waals surface area (Å²) < 4.78 is 6.41. The number of halogens is 1. The van der Waals surface area contributed by atoms with Crippen molar-refractivity contribution in [3.05, 3.63) is 46.4 Å². The van der Waals surface area contributed by atoms with Gasteiger partial charge in [-0.2, -0.15) is 0 Å². The minimum atomic E-state index is 0.565. The first kappa shape index (κ1) is 9.77. The summed E-state index contributed by atoms with van der Waals surface area (Å²) >= 11 is 2.29. The van der Waals surface area contributed by atoms with E-state index in [9.17, 15) is 0 Å². The number of benzene rings is 2. The minimum Gasteiger partial charge on any atom is -0.423 e. The number of aromatic nitrogens is 2. The Kier molecular flexibility index (Phi) is 2.36. The van der Waals surface area contributed by atoms with Crippen LogP contribution >= 0.6 is 22.6 Å². The van der Waals surface area contributed by atoms with Crippen molar-refractivity contribution in [1.82, 2.24) is 10.2 Å². The summed E-state index contributed by atoms with van der Waals surface area (Å²) in [5, 5.41) is 9.99. The first-order valence-corrected chi connectivity index (χ1v) is 5.87. The summed E-state index contributed by atoms with van der Waals surface area (Å²) in [6, 6.07) is 12.4. The molecule has 0 aliphatic rings. The van der Waals surface area contributed by atoms with Gasteiger partial charge >= 0.3 is 0 Å². The largest absolute Gasteiger partial charge is 0.423 e. The molecule has 78 valence electrons. The fraction of sp³-hybridized carbons (Fsp3) is 0.